The van der Waals surface area contributed by atoms with Crippen molar-refractivity contribution in [3.63, 3.8) is 0 Å². The van der Waals surface area contributed by atoms with Gasteiger partial charge in [0.05, 0.1) is 0 Å². The molecular formula is C14H23Cl2N3. The summed E-state index contributed by atoms with van der Waals surface area (Å²) in [6, 6.07) is 4.73. The zero-order valence-electron chi connectivity index (χ0n) is 11.3. The molecule has 0 aromatic carbocycles. The second-order valence-electron chi connectivity index (χ2n) is 5.42. The highest BCUT2D eigenvalue weighted by Gasteiger charge is 2.34. The van der Waals surface area contributed by atoms with Gasteiger partial charge in [-0.3, -0.25) is 9.88 Å². The van der Waals surface area contributed by atoms with Crippen LogP contribution in [0.4, 0.5) is 0 Å². The maximum atomic E-state index is 4.23. The van der Waals surface area contributed by atoms with Crippen LogP contribution in [0.1, 0.15) is 24.9 Å². The van der Waals surface area contributed by atoms with E-state index in [9.17, 15) is 0 Å². The van der Waals surface area contributed by atoms with Gasteiger partial charge in [0, 0.05) is 25.0 Å². The van der Waals surface area contributed by atoms with Crippen LogP contribution in [0.25, 0.3) is 0 Å². The van der Waals surface area contributed by atoms with Crippen molar-refractivity contribution in [2.75, 3.05) is 26.2 Å². The van der Waals surface area contributed by atoms with Crippen LogP contribution in [-0.2, 0) is 0 Å². The van der Waals surface area contributed by atoms with Crippen molar-refractivity contribution in [1.82, 2.24) is 15.2 Å². The molecule has 2 aliphatic heterocycles. The second kappa shape index (κ2) is 7.44. The van der Waals surface area contributed by atoms with E-state index in [0.29, 0.717) is 6.04 Å². The van der Waals surface area contributed by atoms with Gasteiger partial charge >= 0.3 is 0 Å². The van der Waals surface area contributed by atoms with Crippen molar-refractivity contribution in [3.05, 3.63) is 30.1 Å². The smallest absolute Gasteiger partial charge is 0.0335 e. The lowest BCUT2D eigenvalue weighted by Gasteiger charge is -2.38. The monoisotopic (exact) mass is 303 g/mol. The SMILES string of the molecule is CC(c1cccnc1)N1CCC2CNCC2C1.Cl.Cl. The van der Waals surface area contributed by atoms with Gasteiger partial charge in [0.1, 0.15) is 0 Å². The highest BCUT2D eigenvalue weighted by molar-refractivity contribution is 5.85. The normalized spacial score (nSPS) is 27.8. The highest BCUT2D eigenvalue weighted by Crippen LogP contribution is 2.31. The first-order valence-corrected chi connectivity index (χ1v) is 6.69. The Morgan fingerprint density at radius 2 is 2.11 bits per heavy atom. The van der Waals surface area contributed by atoms with Gasteiger partial charge in [-0.25, -0.2) is 0 Å². The Morgan fingerprint density at radius 1 is 1.32 bits per heavy atom. The molecule has 3 unspecified atom stereocenters. The van der Waals surface area contributed by atoms with Crippen LogP contribution in [0.15, 0.2) is 24.5 Å². The van der Waals surface area contributed by atoms with Gasteiger partial charge < -0.3 is 5.32 Å². The molecule has 0 amide bonds. The van der Waals surface area contributed by atoms with Gasteiger partial charge in [-0.1, -0.05) is 6.07 Å². The fourth-order valence-electron chi connectivity index (χ4n) is 3.25. The molecule has 1 N–H and O–H groups in total. The Kier molecular flexibility index (Phi) is 6.54. The summed E-state index contributed by atoms with van der Waals surface area (Å²) in [6.45, 7) is 7.23. The molecule has 19 heavy (non-hydrogen) atoms. The van der Waals surface area contributed by atoms with E-state index < -0.39 is 0 Å². The summed E-state index contributed by atoms with van der Waals surface area (Å²) >= 11 is 0. The molecule has 0 spiro atoms. The van der Waals surface area contributed by atoms with Gasteiger partial charge in [0.25, 0.3) is 0 Å². The number of hydrogen-bond donors (Lipinski definition) is 1. The van der Waals surface area contributed by atoms with E-state index >= 15 is 0 Å². The lowest BCUT2D eigenvalue weighted by atomic mass is 9.87. The third kappa shape index (κ3) is 3.60. The third-order valence-corrected chi connectivity index (χ3v) is 4.45. The number of likely N-dealkylation sites (tertiary alicyclic amines) is 1. The van der Waals surface area contributed by atoms with Crippen LogP contribution < -0.4 is 5.32 Å². The summed E-state index contributed by atoms with van der Waals surface area (Å²) in [6.07, 6.45) is 5.20. The van der Waals surface area contributed by atoms with E-state index in [1.54, 1.807) is 0 Å². The minimum absolute atomic E-state index is 0. The highest BCUT2D eigenvalue weighted by atomic mass is 35.5. The van der Waals surface area contributed by atoms with E-state index in [4.69, 9.17) is 0 Å². The maximum Gasteiger partial charge on any atom is 0.0335 e. The first-order valence-electron chi connectivity index (χ1n) is 6.69. The summed E-state index contributed by atoms with van der Waals surface area (Å²) < 4.78 is 0. The van der Waals surface area contributed by atoms with Crippen molar-refractivity contribution in [1.29, 1.82) is 0 Å². The number of fused-ring (bicyclic) bond motifs is 1. The van der Waals surface area contributed by atoms with Crippen molar-refractivity contribution in [2.24, 2.45) is 11.8 Å². The van der Waals surface area contributed by atoms with Gasteiger partial charge in [-0.15, -0.1) is 24.8 Å². The topological polar surface area (TPSA) is 28.2 Å². The molecule has 1 aromatic heterocycles. The summed E-state index contributed by atoms with van der Waals surface area (Å²) in [7, 11) is 0. The molecule has 2 saturated heterocycles. The molecule has 0 bridgehead atoms. The third-order valence-electron chi connectivity index (χ3n) is 4.45. The molecule has 0 radical (unpaired) electrons. The van der Waals surface area contributed by atoms with Gasteiger partial charge in [-0.05, 0) is 56.4 Å². The molecule has 2 fully saturated rings. The van der Waals surface area contributed by atoms with Crippen LogP contribution >= 0.6 is 24.8 Å². The molecule has 3 rings (SSSR count). The minimum atomic E-state index is 0. The number of nitrogens with zero attached hydrogens (tertiary/aromatic N) is 2. The van der Waals surface area contributed by atoms with E-state index in [1.807, 2.05) is 18.5 Å². The lowest BCUT2D eigenvalue weighted by Crippen LogP contribution is -2.41. The average molecular weight is 304 g/mol. The van der Waals surface area contributed by atoms with Crippen LogP contribution in [-0.4, -0.2) is 36.1 Å². The number of hydrogen-bond acceptors (Lipinski definition) is 3. The quantitative estimate of drug-likeness (QED) is 0.910. The van der Waals surface area contributed by atoms with Gasteiger partial charge in [0.2, 0.25) is 0 Å². The largest absolute Gasteiger partial charge is 0.316 e. The van der Waals surface area contributed by atoms with Crippen molar-refractivity contribution < 1.29 is 0 Å². The maximum absolute atomic E-state index is 4.23. The Balaban J connectivity index is 0.000000902. The van der Waals surface area contributed by atoms with Crippen LogP contribution in [0.5, 0.6) is 0 Å². The zero-order valence-corrected chi connectivity index (χ0v) is 12.9. The fraction of sp³-hybridized carbons (Fsp3) is 0.643. The van der Waals surface area contributed by atoms with Crippen LogP contribution in [0.2, 0.25) is 0 Å². The van der Waals surface area contributed by atoms with Crippen molar-refractivity contribution in [3.8, 4) is 0 Å². The molecule has 108 valence electrons. The van der Waals surface area contributed by atoms with Crippen LogP contribution in [0.3, 0.4) is 0 Å². The Labute approximate surface area is 128 Å². The summed E-state index contributed by atoms with van der Waals surface area (Å²) in [5.74, 6) is 1.79. The van der Waals surface area contributed by atoms with E-state index in [-0.39, 0.29) is 24.8 Å². The molecule has 2 aliphatic rings. The van der Waals surface area contributed by atoms with Crippen LogP contribution in [0, 0.1) is 11.8 Å². The molecular weight excluding hydrogens is 281 g/mol. The number of halogens is 2. The number of aromatic nitrogens is 1. The number of rotatable bonds is 2. The first kappa shape index (κ1) is 16.7. The molecule has 3 atom stereocenters. The van der Waals surface area contributed by atoms with Crippen molar-refractivity contribution in [2.45, 2.75) is 19.4 Å². The molecule has 0 aliphatic carbocycles. The predicted molar refractivity (Wildman–Crippen MR) is 83.2 cm³/mol. The lowest BCUT2D eigenvalue weighted by molar-refractivity contribution is 0.111. The van der Waals surface area contributed by atoms with E-state index in [2.05, 4.69) is 28.2 Å². The first-order chi connectivity index (χ1) is 8.34. The number of piperidine rings is 1. The summed E-state index contributed by atoms with van der Waals surface area (Å²) in [5, 5.41) is 3.52. The fourth-order valence-corrected chi connectivity index (χ4v) is 3.25. The number of pyridine rings is 1. The van der Waals surface area contributed by atoms with Gasteiger partial charge in [0.15, 0.2) is 0 Å². The second-order valence-corrected chi connectivity index (χ2v) is 5.42. The molecule has 3 heterocycles. The molecule has 0 saturated carbocycles. The van der Waals surface area contributed by atoms with Crippen molar-refractivity contribution >= 4 is 24.8 Å². The summed E-state index contributed by atoms with van der Waals surface area (Å²) in [4.78, 5) is 6.84. The molecule has 3 nitrogen and oxygen atoms in total. The summed E-state index contributed by atoms with van der Waals surface area (Å²) in [5.41, 5.74) is 1.34. The Morgan fingerprint density at radius 3 is 2.84 bits per heavy atom. The molecule has 5 heteroatoms. The number of nitrogens with one attached hydrogen (secondary N) is 1. The van der Waals surface area contributed by atoms with E-state index in [0.717, 1.165) is 11.8 Å². The standard InChI is InChI=1S/C14H21N3.2ClH/c1-11(12-3-2-5-15-7-12)17-6-4-13-8-16-9-14(13)10-17;;/h2-3,5,7,11,13-14,16H,4,6,8-10H2,1H3;2*1H. The molecule has 1 aromatic rings. The minimum Gasteiger partial charge on any atom is -0.316 e. The van der Waals surface area contributed by atoms with E-state index in [1.165, 1.54) is 38.2 Å². The predicted octanol–water partition coefficient (Wildman–Crippen LogP) is 2.53. The zero-order chi connectivity index (χ0) is 11.7. The van der Waals surface area contributed by atoms with Gasteiger partial charge in [-0.2, -0.15) is 0 Å². The average Bonchev–Trinajstić information content (AvgIpc) is 2.86. The Bertz CT molecular complexity index is 374. The Hall–Kier alpha value is -0.350.